The maximum Gasteiger partial charge on any atom is 0.306 e. The fourth-order valence-electron chi connectivity index (χ4n) is 2.49. The second-order valence-electron chi connectivity index (χ2n) is 5.74. The van der Waals surface area contributed by atoms with E-state index < -0.39 is 5.97 Å². The Bertz CT molecular complexity index is 526. The van der Waals surface area contributed by atoms with Gasteiger partial charge in [0.25, 0.3) is 0 Å². The predicted octanol–water partition coefficient (Wildman–Crippen LogP) is 2.37. The van der Waals surface area contributed by atoms with E-state index in [1.165, 1.54) is 6.07 Å². The van der Waals surface area contributed by atoms with Crippen LogP contribution in [0.2, 0.25) is 0 Å². The Morgan fingerprint density at radius 3 is 2.67 bits per heavy atom. The molecule has 1 aromatic carbocycles. The minimum Gasteiger partial charge on any atom is -0.481 e. The van der Waals surface area contributed by atoms with Gasteiger partial charge in [-0.25, -0.2) is 4.39 Å². The zero-order chi connectivity index (χ0) is 15.4. The highest BCUT2D eigenvalue weighted by atomic mass is 19.1. The molecule has 1 fully saturated rings. The highest BCUT2D eigenvalue weighted by Gasteiger charge is 2.35. The molecule has 1 saturated carbocycles. The average molecular weight is 293 g/mol. The SMILES string of the molecule is CC(CCc1ccccc1F)C(=O)NC1CC(C(=O)O)C1. The normalized spacial score (nSPS) is 22.2. The van der Waals surface area contributed by atoms with Crippen LogP contribution in [0, 0.1) is 17.7 Å². The number of hydrogen-bond donors (Lipinski definition) is 2. The topological polar surface area (TPSA) is 66.4 Å². The van der Waals surface area contributed by atoms with E-state index in [2.05, 4.69) is 5.32 Å². The van der Waals surface area contributed by atoms with Gasteiger partial charge >= 0.3 is 5.97 Å². The molecule has 1 aromatic rings. The van der Waals surface area contributed by atoms with Gasteiger partial charge in [0, 0.05) is 12.0 Å². The van der Waals surface area contributed by atoms with Crippen LogP contribution in [-0.2, 0) is 16.0 Å². The quantitative estimate of drug-likeness (QED) is 0.846. The summed E-state index contributed by atoms with van der Waals surface area (Å²) >= 11 is 0. The van der Waals surface area contributed by atoms with Crippen LogP contribution in [0.3, 0.4) is 0 Å². The first kappa shape index (κ1) is 15.5. The van der Waals surface area contributed by atoms with Crippen molar-refractivity contribution in [2.24, 2.45) is 11.8 Å². The van der Waals surface area contributed by atoms with E-state index in [4.69, 9.17) is 5.11 Å². The molecule has 1 aliphatic rings. The van der Waals surface area contributed by atoms with Gasteiger partial charge in [0.1, 0.15) is 5.82 Å². The molecule has 0 aromatic heterocycles. The van der Waals surface area contributed by atoms with Crippen LogP contribution < -0.4 is 5.32 Å². The number of carboxylic acid groups (broad SMARTS) is 1. The van der Waals surface area contributed by atoms with Crippen LogP contribution in [0.15, 0.2) is 24.3 Å². The van der Waals surface area contributed by atoms with Gasteiger partial charge in [0.2, 0.25) is 5.91 Å². The lowest BCUT2D eigenvalue weighted by Crippen LogP contribution is -2.48. The summed E-state index contributed by atoms with van der Waals surface area (Å²) in [6, 6.07) is 6.53. The van der Waals surface area contributed by atoms with E-state index in [-0.39, 0.29) is 29.6 Å². The molecule has 1 amide bonds. The van der Waals surface area contributed by atoms with Gasteiger partial charge in [0.05, 0.1) is 5.92 Å². The number of benzene rings is 1. The summed E-state index contributed by atoms with van der Waals surface area (Å²) in [6.07, 6.45) is 2.09. The average Bonchev–Trinajstić information content (AvgIpc) is 2.40. The van der Waals surface area contributed by atoms with Crippen molar-refractivity contribution in [1.82, 2.24) is 5.32 Å². The van der Waals surface area contributed by atoms with Crippen molar-refractivity contribution in [2.45, 2.75) is 38.6 Å². The summed E-state index contributed by atoms with van der Waals surface area (Å²) in [5.74, 6) is -1.67. The second kappa shape index (κ2) is 6.70. The molecule has 0 bridgehead atoms. The monoisotopic (exact) mass is 293 g/mol. The summed E-state index contributed by atoms with van der Waals surface area (Å²) in [5.41, 5.74) is 0.617. The Hall–Kier alpha value is -1.91. The number of rotatable bonds is 6. The zero-order valence-corrected chi connectivity index (χ0v) is 12.0. The first-order valence-corrected chi connectivity index (χ1v) is 7.24. The lowest BCUT2D eigenvalue weighted by molar-refractivity contribution is -0.146. The van der Waals surface area contributed by atoms with Crippen LogP contribution in [0.5, 0.6) is 0 Å². The van der Waals surface area contributed by atoms with Crippen molar-refractivity contribution in [3.8, 4) is 0 Å². The van der Waals surface area contributed by atoms with Crippen LogP contribution in [0.4, 0.5) is 4.39 Å². The van der Waals surface area contributed by atoms with Gasteiger partial charge in [-0.2, -0.15) is 0 Å². The van der Waals surface area contributed by atoms with Gasteiger partial charge in [-0.1, -0.05) is 25.1 Å². The van der Waals surface area contributed by atoms with Gasteiger partial charge in [-0.3, -0.25) is 9.59 Å². The minimum atomic E-state index is -0.798. The summed E-state index contributed by atoms with van der Waals surface area (Å²) in [6.45, 7) is 1.81. The van der Waals surface area contributed by atoms with Crippen molar-refractivity contribution in [1.29, 1.82) is 0 Å². The Kier molecular flexibility index (Phi) is 4.94. The largest absolute Gasteiger partial charge is 0.481 e. The Morgan fingerprint density at radius 2 is 2.05 bits per heavy atom. The Balaban J connectivity index is 1.74. The van der Waals surface area contributed by atoms with E-state index in [0.717, 1.165) is 0 Å². The van der Waals surface area contributed by atoms with Crippen LogP contribution in [-0.4, -0.2) is 23.0 Å². The molecule has 4 nitrogen and oxygen atoms in total. The molecule has 0 aliphatic heterocycles. The Labute approximate surface area is 123 Å². The van der Waals surface area contributed by atoms with Gasteiger partial charge < -0.3 is 10.4 Å². The maximum atomic E-state index is 13.5. The van der Waals surface area contributed by atoms with E-state index in [1.54, 1.807) is 18.2 Å². The lowest BCUT2D eigenvalue weighted by Gasteiger charge is -2.33. The smallest absolute Gasteiger partial charge is 0.306 e. The Morgan fingerprint density at radius 1 is 1.38 bits per heavy atom. The molecule has 0 radical (unpaired) electrons. The van der Waals surface area contributed by atoms with Gasteiger partial charge in [-0.05, 0) is 37.3 Å². The molecular weight excluding hydrogens is 273 g/mol. The van der Waals surface area contributed by atoms with E-state index >= 15 is 0 Å². The van der Waals surface area contributed by atoms with Crippen LogP contribution in [0.1, 0.15) is 31.7 Å². The molecule has 1 unspecified atom stereocenters. The molecule has 21 heavy (non-hydrogen) atoms. The van der Waals surface area contributed by atoms with E-state index in [0.29, 0.717) is 31.2 Å². The number of aryl methyl sites for hydroxylation is 1. The standard InChI is InChI=1S/C16H20FNO3/c1-10(6-7-11-4-2-3-5-14(11)17)15(19)18-13-8-12(9-13)16(20)21/h2-5,10,12-13H,6-9H2,1H3,(H,18,19)(H,20,21). The molecule has 2 rings (SSSR count). The highest BCUT2D eigenvalue weighted by Crippen LogP contribution is 2.27. The van der Waals surface area contributed by atoms with Gasteiger partial charge in [-0.15, -0.1) is 0 Å². The number of nitrogens with one attached hydrogen (secondary N) is 1. The third-order valence-corrected chi connectivity index (χ3v) is 4.09. The first-order chi connectivity index (χ1) is 9.97. The molecule has 0 saturated heterocycles. The molecule has 5 heteroatoms. The highest BCUT2D eigenvalue weighted by molar-refractivity contribution is 5.79. The molecule has 0 heterocycles. The molecule has 0 spiro atoms. The number of halogens is 1. The lowest BCUT2D eigenvalue weighted by atomic mass is 9.80. The van der Waals surface area contributed by atoms with E-state index in [1.807, 2.05) is 6.92 Å². The summed E-state index contributed by atoms with van der Waals surface area (Å²) in [4.78, 5) is 22.7. The van der Waals surface area contributed by atoms with E-state index in [9.17, 15) is 14.0 Å². The molecule has 1 aliphatic carbocycles. The van der Waals surface area contributed by atoms with Crippen molar-refractivity contribution < 1.29 is 19.1 Å². The number of amides is 1. The van der Waals surface area contributed by atoms with Crippen LogP contribution in [0.25, 0.3) is 0 Å². The number of carbonyl (C=O) groups is 2. The summed E-state index contributed by atoms with van der Waals surface area (Å²) in [7, 11) is 0. The van der Waals surface area contributed by atoms with Crippen molar-refractivity contribution in [3.63, 3.8) is 0 Å². The molecular formula is C16H20FNO3. The molecule has 2 N–H and O–H groups in total. The van der Waals surface area contributed by atoms with Crippen molar-refractivity contribution in [3.05, 3.63) is 35.6 Å². The first-order valence-electron chi connectivity index (χ1n) is 7.24. The third kappa shape index (κ3) is 4.03. The van der Waals surface area contributed by atoms with Crippen LogP contribution >= 0.6 is 0 Å². The van der Waals surface area contributed by atoms with Crippen molar-refractivity contribution in [2.75, 3.05) is 0 Å². The third-order valence-electron chi connectivity index (χ3n) is 4.09. The number of carboxylic acids is 1. The fourth-order valence-corrected chi connectivity index (χ4v) is 2.49. The summed E-state index contributed by atoms with van der Waals surface area (Å²) < 4.78 is 13.5. The zero-order valence-electron chi connectivity index (χ0n) is 12.0. The fraction of sp³-hybridized carbons (Fsp3) is 0.500. The number of carbonyl (C=O) groups excluding carboxylic acids is 1. The van der Waals surface area contributed by atoms with Gasteiger partial charge in [0.15, 0.2) is 0 Å². The second-order valence-corrected chi connectivity index (χ2v) is 5.74. The minimum absolute atomic E-state index is 0.0329. The molecule has 114 valence electrons. The summed E-state index contributed by atoms with van der Waals surface area (Å²) in [5, 5.41) is 11.6. The number of hydrogen-bond acceptors (Lipinski definition) is 2. The predicted molar refractivity (Wildman–Crippen MR) is 76.2 cm³/mol. The maximum absolute atomic E-state index is 13.5. The van der Waals surface area contributed by atoms with Crippen molar-refractivity contribution >= 4 is 11.9 Å². The number of aliphatic carboxylic acids is 1. The molecule has 1 atom stereocenters.